The number of rotatable bonds is 1. The first-order valence-electron chi connectivity index (χ1n) is 8.94. The Hall–Kier alpha value is -1.30. The molecule has 1 aromatic carbocycles. The first-order valence-corrected chi connectivity index (χ1v) is 8.94. The summed E-state index contributed by atoms with van der Waals surface area (Å²) in [6.07, 6.45) is 7.58. The van der Waals surface area contributed by atoms with Crippen molar-refractivity contribution in [3.8, 4) is 11.8 Å². The third-order valence-corrected chi connectivity index (χ3v) is 6.00. The summed E-state index contributed by atoms with van der Waals surface area (Å²) >= 11 is 0. The number of fused-ring (bicyclic) bond motifs is 3. The Kier molecular flexibility index (Phi) is 3.72. The number of piperidine rings is 1. The molecule has 1 aliphatic heterocycles. The Bertz CT molecular complexity index is 608. The van der Waals surface area contributed by atoms with Gasteiger partial charge in [-0.05, 0) is 55.1 Å². The van der Waals surface area contributed by atoms with Gasteiger partial charge in [-0.2, -0.15) is 0 Å². The standard InChI is InChI=1S/C20H25NO/c22-20(12-7-15-21-13-4-1-5-14-21)18-10-3-2-8-16(18)17-9-6-11-19(17)20/h2-3,8,10,17,19,22H,1,4-6,9,11,13-15H2/p+1/t17-,19+,20-/m0/s1. The second kappa shape index (κ2) is 5.72. The predicted octanol–water partition coefficient (Wildman–Crippen LogP) is 1.84. The van der Waals surface area contributed by atoms with E-state index in [0.29, 0.717) is 11.8 Å². The average Bonchev–Trinajstić information content (AvgIpc) is 3.13. The van der Waals surface area contributed by atoms with Crippen molar-refractivity contribution < 1.29 is 10.0 Å². The number of nitrogens with one attached hydrogen (secondary N) is 1. The fourth-order valence-electron chi connectivity index (χ4n) is 4.89. The SMILES string of the molecule is O[C@@]1(C#CC[NH+]2CCCCC2)c2ccccc2[C@@H]2CCC[C@H]21. The minimum absolute atomic E-state index is 0.314. The number of likely N-dealkylation sites (tertiary alicyclic amines) is 1. The van der Waals surface area contributed by atoms with E-state index >= 15 is 0 Å². The highest BCUT2D eigenvalue weighted by Crippen LogP contribution is 2.56. The zero-order valence-corrected chi connectivity index (χ0v) is 13.3. The van der Waals surface area contributed by atoms with Crippen LogP contribution >= 0.6 is 0 Å². The lowest BCUT2D eigenvalue weighted by Gasteiger charge is -2.25. The second-order valence-corrected chi connectivity index (χ2v) is 7.29. The maximum absolute atomic E-state index is 11.4. The molecule has 1 aromatic rings. The van der Waals surface area contributed by atoms with Gasteiger partial charge < -0.3 is 10.0 Å². The van der Waals surface area contributed by atoms with E-state index < -0.39 is 5.60 Å². The Morgan fingerprint density at radius 1 is 1.09 bits per heavy atom. The molecule has 1 saturated carbocycles. The van der Waals surface area contributed by atoms with Crippen molar-refractivity contribution in [2.45, 2.75) is 50.0 Å². The van der Waals surface area contributed by atoms with Crippen LogP contribution in [-0.2, 0) is 5.60 Å². The molecule has 0 radical (unpaired) electrons. The van der Waals surface area contributed by atoms with E-state index in [1.807, 2.05) is 6.07 Å². The molecule has 3 aliphatic rings. The maximum Gasteiger partial charge on any atom is 0.154 e. The van der Waals surface area contributed by atoms with Gasteiger partial charge in [0.15, 0.2) is 5.60 Å². The summed E-state index contributed by atoms with van der Waals surface area (Å²) in [7, 11) is 0. The van der Waals surface area contributed by atoms with Gasteiger partial charge in [0.2, 0.25) is 0 Å². The third kappa shape index (κ3) is 2.28. The number of benzene rings is 1. The van der Waals surface area contributed by atoms with E-state index in [9.17, 15) is 5.11 Å². The van der Waals surface area contributed by atoms with Gasteiger partial charge in [0.1, 0.15) is 6.54 Å². The molecule has 1 saturated heterocycles. The van der Waals surface area contributed by atoms with Gasteiger partial charge in [0.05, 0.1) is 13.1 Å². The zero-order valence-electron chi connectivity index (χ0n) is 13.3. The van der Waals surface area contributed by atoms with Crippen molar-refractivity contribution in [3.05, 3.63) is 35.4 Å². The van der Waals surface area contributed by atoms with Crippen LogP contribution in [0.25, 0.3) is 0 Å². The zero-order chi connectivity index (χ0) is 15.0. The Labute approximate surface area is 133 Å². The van der Waals surface area contributed by atoms with Crippen LogP contribution in [0.4, 0.5) is 0 Å². The van der Waals surface area contributed by atoms with Crippen molar-refractivity contribution in [1.29, 1.82) is 0 Å². The summed E-state index contributed by atoms with van der Waals surface area (Å²) in [6, 6.07) is 8.44. The molecule has 2 fully saturated rings. The monoisotopic (exact) mass is 296 g/mol. The van der Waals surface area contributed by atoms with E-state index in [1.54, 1.807) is 4.90 Å². The molecule has 2 nitrogen and oxygen atoms in total. The number of quaternary nitrogens is 1. The molecule has 0 unspecified atom stereocenters. The lowest BCUT2D eigenvalue weighted by molar-refractivity contribution is -0.897. The van der Waals surface area contributed by atoms with Crippen molar-refractivity contribution in [3.63, 3.8) is 0 Å². The van der Waals surface area contributed by atoms with Crippen LogP contribution in [0.2, 0.25) is 0 Å². The Morgan fingerprint density at radius 3 is 2.77 bits per heavy atom. The van der Waals surface area contributed by atoms with Crippen molar-refractivity contribution in [2.75, 3.05) is 19.6 Å². The summed E-state index contributed by atoms with van der Waals surface area (Å²) in [5, 5.41) is 11.4. The first-order chi connectivity index (χ1) is 10.8. The number of hydrogen-bond acceptors (Lipinski definition) is 1. The fraction of sp³-hybridized carbons (Fsp3) is 0.600. The number of aliphatic hydroxyl groups is 1. The predicted molar refractivity (Wildman–Crippen MR) is 87.6 cm³/mol. The van der Waals surface area contributed by atoms with Crippen LogP contribution in [0, 0.1) is 17.8 Å². The normalized spacial score (nSPS) is 33.9. The van der Waals surface area contributed by atoms with E-state index in [-0.39, 0.29) is 0 Å². The van der Waals surface area contributed by atoms with Crippen molar-refractivity contribution >= 4 is 0 Å². The van der Waals surface area contributed by atoms with Crippen LogP contribution in [0.15, 0.2) is 24.3 Å². The van der Waals surface area contributed by atoms with Crippen molar-refractivity contribution in [2.24, 2.45) is 5.92 Å². The van der Waals surface area contributed by atoms with E-state index in [0.717, 1.165) is 18.5 Å². The molecule has 2 heteroatoms. The molecule has 2 aliphatic carbocycles. The Morgan fingerprint density at radius 2 is 1.91 bits per heavy atom. The van der Waals surface area contributed by atoms with Crippen LogP contribution in [-0.4, -0.2) is 24.7 Å². The van der Waals surface area contributed by atoms with Crippen LogP contribution in [0.3, 0.4) is 0 Å². The Balaban J connectivity index is 1.59. The lowest BCUT2D eigenvalue weighted by atomic mass is 9.85. The smallest absolute Gasteiger partial charge is 0.154 e. The molecule has 4 rings (SSSR count). The van der Waals surface area contributed by atoms with Gasteiger partial charge in [0.25, 0.3) is 0 Å². The third-order valence-electron chi connectivity index (χ3n) is 6.00. The highest BCUT2D eigenvalue weighted by Gasteiger charge is 2.52. The molecule has 2 N–H and O–H groups in total. The number of hydrogen-bond donors (Lipinski definition) is 2. The minimum atomic E-state index is -0.896. The summed E-state index contributed by atoms with van der Waals surface area (Å²) in [5.41, 5.74) is 1.55. The van der Waals surface area contributed by atoms with Gasteiger partial charge >= 0.3 is 0 Å². The largest absolute Gasteiger partial charge is 0.373 e. The highest BCUT2D eigenvalue weighted by atomic mass is 16.3. The molecule has 0 amide bonds. The molecule has 0 aromatic heterocycles. The molecular formula is C20H26NO+. The maximum atomic E-state index is 11.4. The molecule has 1 heterocycles. The van der Waals surface area contributed by atoms with Crippen LogP contribution < -0.4 is 4.90 Å². The second-order valence-electron chi connectivity index (χ2n) is 7.29. The van der Waals surface area contributed by atoms with Gasteiger partial charge in [-0.1, -0.05) is 36.6 Å². The van der Waals surface area contributed by atoms with Gasteiger partial charge in [-0.3, -0.25) is 0 Å². The molecule has 0 bridgehead atoms. The molecule has 116 valence electrons. The van der Waals surface area contributed by atoms with Gasteiger partial charge in [-0.25, -0.2) is 0 Å². The van der Waals surface area contributed by atoms with E-state index in [2.05, 4.69) is 30.0 Å². The van der Waals surface area contributed by atoms with E-state index in [1.165, 1.54) is 50.8 Å². The lowest BCUT2D eigenvalue weighted by Crippen LogP contribution is -3.12. The molecule has 0 spiro atoms. The molecular weight excluding hydrogens is 270 g/mol. The highest BCUT2D eigenvalue weighted by molar-refractivity contribution is 5.48. The van der Waals surface area contributed by atoms with Crippen LogP contribution in [0.1, 0.15) is 55.6 Å². The average molecular weight is 296 g/mol. The minimum Gasteiger partial charge on any atom is -0.373 e. The van der Waals surface area contributed by atoms with E-state index in [4.69, 9.17) is 0 Å². The first kappa shape index (κ1) is 14.3. The summed E-state index contributed by atoms with van der Waals surface area (Å²) < 4.78 is 0. The summed E-state index contributed by atoms with van der Waals surface area (Å²) in [4.78, 5) is 1.59. The van der Waals surface area contributed by atoms with Gasteiger partial charge in [-0.15, -0.1) is 0 Å². The quantitative estimate of drug-likeness (QED) is 0.760. The van der Waals surface area contributed by atoms with Crippen LogP contribution in [0.5, 0.6) is 0 Å². The summed E-state index contributed by atoms with van der Waals surface area (Å²) in [5.74, 6) is 7.51. The topological polar surface area (TPSA) is 24.7 Å². The van der Waals surface area contributed by atoms with Crippen molar-refractivity contribution in [1.82, 2.24) is 0 Å². The fourth-order valence-corrected chi connectivity index (χ4v) is 4.89. The van der Waals surface area contributed by atoms with Gasteiger partial charge in [0, 0.05) is 5.92 Å². The molecule has 3 atom stereocenters. The summed E-state index contributed by atoms with van der Waals surface area (Å²) in [6.45, 7) is 3.38. The molecule has 22 heavy (non-hydrogen) atoms.